The van der Waals surface area contributed by atoms with E-state index in [1.807, 2.05) is 25.3 Å². The number of aryl methyl sites for hydroxylation is 1. The molecule has 0 fully saturated rings. The fraction of sp³-hybridized carbons (Fsp3) is 0.312. The van der Waals surface area contributed by atoms with Gasteiger partial charge in [0.2, 0.25) is 0 Å². The van der Waals surface area contributed by atoms with E-state index in [0.29, 0.717) is 0 Å². The summed E-state index contributed by atoms with van der Waals surface area (Å²) in [5, 5.41) is 3.05. The van der Waals surface area contributed by atoms with Crippen molar-refractivity contribution < 1.29 is 4.42 Å². The zero-order valence-corrected chi connectivity index (χ0v) is 13.1. The minimum Gasteiger partial charge on any atom is -0.462 e. The lowest BCUT2D eigenvalue weighted by atomic mass is 10.1. The summed E-state index contributed by atoms with van der Waals surface area (Å²) in [6.07, 6.45) is 4.65. The lowest BCUT2D eigenvalue weighted by Crippen LogP contribution is -2.31. The Hall–Kier alpha value is -2.05. The first kappa shape index (κ1) is 13.6. The molecule has 0 unspecified atom stereocenters. The molecule has 0 bridgehead atoms. The first-order valence-electron chi connectivity index (χ1n) is 7.30. The van der Waals surface area contributed by atoms with Crippen molar-refractivity contribution in [2.45, 2.75) is 26.4 Å². The summed E-state index contributed by atoms with van der Waals surface area (Å²) in [5.41, 5.74) is 3.52. The molecule has 0 N–H and O–H groups in total. The molecule has 0 radical (unpaired) electrons. The molecule has 0 aliphatic carbocycles. The lowest BCUT2D eigenvalue weighted by Gasteiger charge is -2.27. The number of thiazole rings is 1. The normalized spacial score (nSPS) is 15.0. The molecule has 22 heavy (non-hydrogen) atoms. The van der Waals surface area contributed by atoms with Crippen molar-refractivity contribution in [3.05, 3.63) is 52.7 Å². The Kier molecular flexibility index (Phi) is 3.48. The predicted molar refractivity (Wildman–Crippen MR) is 84.4 cm³/mol. The standard InChI is InChI=1S/C16H16N4OS/c1-11-17-7-12-4-5-20(9-14(12)18-11)8-13-10-22-16(19-13)15-3-2-6-21-15/h2-3,6-7,10H,4-5,8-9H2,1H3. The summed E-state index contributed by atoms with van der Waals surface area (Å²) in [6.45, 7) is 4.67. The Morgan fingerprint density at radius 2 is 2.32 bits per heavy atom. The van der Waals surface area contributed by atoms with E-state index in [2.05, 4.69) is 25.2 Å². The molecule has 5 nitrogen and oxygen atoms in total. The van der Waals surface area contributed by atoms with Gasteiger partial charge in [0.25, 0.3) is 0 Å². The van der Waals surface area contributed by atoms with E-state index < -0.39 is 0 Å². The van der Waals surface area contributed by atoms with Gasteiger partial charge in [0.1, 0.15) is 5.82 Å². The van der Waals surface area contributed by atoms with Crippen LogP contribution >= 0.6 is 11.3 Å². The van der Waals surface area contributed by atoms with Crippen LogP contribution in [0.15, 0.2) is 34.4 Å². The van der Waals surface area contributed by atoms with Gasteiger partial charge < -0.3 is 4.42 Å². The first-order chi connectivity index (χ1) is 10.8. The second-order valence-electron chi connectivity index (χ2n) is 5.47. The van der Waals surface area contributed by atoms with Crippen molar-refractivity contribution in [1.29, 1.82) is 0 Å². The van der Waals surface area contributed by atoms with E-state index in [1.54, 1.807) is 17.6 Å². The largest absolute Gasteiger partial charge is 0.462 e. The highest BCUT2D eigenvalue weighted by atomic mass is 32.1. The van der Waals surface area contributed by atoms with Gasteiger partial charge in [0.05, 0.1) is 17.7 Å². The van der Waals surface area contributed by atoms with Crippen LogP contribution in [0.2, 0.25) is 0 Å². The maximum Gasteiger partial charge on any atom is 0.162 e. The molecule has 0 saturated heterocycles. The molecule has 3 aromatic rings. The van der Waals surface area contributed by atoms with Crippen molar-refractivity contribution in [2.24, 2.45) is 0 Å². The monoisotopic (exact) mass is 312 g/mol. The molecule has 112 valence electrons. The summed E-state index contributed by atoms with van der Waals surface area (Å²) in [7, 11) is 0. The quantitative estimate of drug-likeness (QED) is 0.744. The third-order valence-corrected chi connectivity index (χ3v) is 4.72. The summed E-state index contributed by atoms with van der Waals surface area (Å²) in [4.78, 5) is 15.9. The zero-order chi connectivity index (χ0) is 14.9. The van der Waals surface area contributed by atoms with Crippen LogP contribution in [-0.4, -0.2) is 26.4 Å². The second kappa shape index (κ2) is 5.62. The summed E-state index contributed by atoms with van der Waals surface area (Å²) >= 11 is 1.63. The van der Waals surface area contributed by atoms with Gasteiger partial charge in [0.15, 0.2) is 10.8 Å². The van der Waals surface area contributed by atoms with E-state index in [-0.39, 0.29) is 0 Å². The average molecular weight is 312 g/mol. The number of rotatable bonds is 3. The molecule has 1 aliphatic rings. The van der Waals surface area contributed by atoms with Gasteiger partial charge in [-0.05, 0) is 31.0 Å². The Morgan fingerprint density at radius 3 is 3.18 bits per heavy atom. The summed E-state index contributed by atoms with van der Waals surface area (Å²) in [5.74, 6) is 1.68. The minimum atomic E-state index is 0.837. The van der Waals surface area contributed by atoms with Crippen LogP contribution in [0.25, 0.3) is 10.8 Å². The van der Waals surface area contributed by atoms with E-state index in [4.69, 9.17) is 4.42 Å². The van der Waals surface area contributed by atoms with Crippen LogP contribution in [0.5, 0.6) is 0 Å². The molecule has 0 spiro atoms. The van der Waals surface area contributed by atoms with E-state index in [1.165, 1.54) is 5.56 Å². The van der Waals surface area contributed by atoms with Crippen LogP contribution < -0.4 is 0 Å². The van der Waals surface area contributed by atoms with Crippen molar-refractivity contribution in [3.63, 3.8) is 0 Å². The van der Waals surface area contributed by atoms with Crippen LogP contribution in [-0.2, 0) is 19.5 Å². The molecule has 6 heteroatoms. The summed E-state index contributed by atoms with van der Waals surface area (Å²) in [6, 6.07) is 3.83. The molecule has 0 amide bonds. The van der Waals surface area contributed by atoms with Crippen molar-refractivity contribution >= 4 is 11.3 Å². The maximum absolute atomic E-state index is 5.40. The smallest absolute Gasteiger partial charge is 0.162 e. The highest BCUT2D eigenvalue weighted by Crippen LogP contribution is 2.25. The van der Waals surface area contributed by atoms with Crippen LogP contribution in [0.1, 0.15) is 22.8 Å². The molecule has 3 aromatic heterocycles. The SMILES string of the molecule is Cc1ncc2c(n1)CN(Cc1csc(-c3ccco3)n1)CC2. The number of aromatic nitrogens is 3. The molecule has 0 atom stereocenters. The van der Waals surface area contributed by atoms with Crippen molar-refractivity contribution in [3.8, 4) is 10.8 Å². The Labute approximate surface area is 132 Å². The number of furan rings is 1. The topological polar surface area (TPSA) is 55.1 Å². The van der Waals surface area contributed by atoms with Crippen LogP contribution in [0.4, 0.5) is 0 Å². The Morgan fingerprint density at radius 1 is 1.36 bits per heavy atom. The molecule has 1 aliphatic heterocycles. The Bertz CT molecular complexity index is 781. The number of hydrogen-bond acceptors (Lipinski definition) is 6. The van der Waals surface area contributed by atoms with Gasteiger partial charge in [0, 0.05) is 31.2 Å². The molecular weight excluding hydrogens is 296 g/mol. The zero-order valence-electron chi connectivity index (χ0n) is 12.3. The van der Waals surface area contributed by atoms with Crippen molar-refractivity contribution in [1.82, 2.24) is 19.9 Å². The molecule has 0 aromatic carbocycles. The fourth-order valence-electron chi connectivity index (χ4n) is 2.71. The third kappa shape index (κ3) is 2.67. The maximum atomic E-state index is 5.40. The minimum absolute atomic E-state index is 0.837. The van der Waals surface area contributed by atoms with Gasteiger partial charge in [-0.15, -0.1) is 11.3 Å². The average Bonchev–Trinajstić information content (AvgIpc) is 3.17. The highest BCUT2D eigenvalue weighted by Gasteiger charge is 2.19. The second-order valence-corrected chi connectivity index (χ2v) is 6.33. The number of hydrogen-bond donors (Lipinski definition) is 0. The van der Waals surface area contributed by atoms with Gasteiger partial charge in [-0.1, -0.05) is 0 Å². The summed E-state index contributed by atoms with van der Waals surface area (Å²) < 4.78 is 5.40. The molecule has 4 rings (SSSR count). The number of nitrogens with zero attached hydrogens (tertiary/aromatic N) is 4. The first-order valence-corrected chi connectivity index (χ1v) is 8.18. The van der Waals surface area contributed by atoms with Crippen molar-refractivity contribution in [2.75, 3.05) is 6.54 Å². The highest BCUT2D eigenvalue weighted by molar-refractivity contribution is 7.13. The van der Waals surface area contributed by atoms with Gasteiger partial charge in [-0.2, -0.15) is 0 Å². The van der Waals surface area contributed by atoms with E-state index in [9.17, 15) is 0 Å². The van der Waals surface area contributed by atoms with Gasteiger partial charge in [-0.25, -0.2) is 15.0 Å². The van der Waals surface area contributed by atoms with Crippen LogP contribution in [0.3, 0.4) is 0 Å². The third-order valence-electron chi connectivity index (χ3n) is 3.81. The predicted octanol–water partition coefficient (Wildman–Crippen LogP) is 3.06. The Balaban J connectivity index is 1.48. The lowest BCUT2D eigenvalue weighted by molar-refractivity contribution is 0.238. The molecular formula is C16H16N4OS. The van der Waals surface area contributed by atoms with Gasteiger partial charge in [-0.3, -0.25) is 4.90 Å². The molecule has 4 heterocycles. The van der Waals surface area contributed by atoms with E-state index >= 15 is 0 Å². The van der Waals surface area contributed by atoms with E-state index in [0.717, 1.165) is 54.0 Å². The fourth-order valence-corrected chi connectivity index (χ4v) is 3.49. The van der Waals surface area contributed by atoms with Crippen LogP contribution in [0, 0.1) is 6.92 Å². The van der Waals surface area contributed by atoms with Gasteiger partial charge >= 0.3 is 0 Å². The molecule has 0 saturated carbocycles. The number of fused-ring (bicyclic) bond motifs is 1.